The second-order valence-electron chi connectivity index (χ2n) is 5.87. The van der Waals surface area contributed by atoms with E-state index < -0.39 is 4.92 Å². The molecule has 5 nitrogen and oxygen atoms in total. The topological polar surface area (TPSA) is 63.5 Å². The summed E-state index contributed by atoms with van der Waals surface area (Å²) in [5.41, 5.74) is 0.837. The predicted molar refractivity (Wildman–Crippen MR) is 81.7 cm³/mol. The molecule has 1 aromatic rings. The molecule has 21 heavy (non-hydrogen) atoms. The Bertz CT molecular complexity index is 541. The van der Waals surface area contributed by atoms with Crippen molar-refractivity contribution in [3.8, 4) is 0 Å². The molecule has 1 amide bonds. The van der Waals surface area contributed by atoms with E-state index in [1.165, 1.54) is 12.1 Å². The lowest BCUT2D eigenvalue weighted by Crippen LogP contribution is -2.41. The SMILES string of the molecule is C[C@@H]1C[C@H](C)CN(C(=O)/C=C/c2ccc([N+](=O)[O-])cc2)C1. The largest absolute Gasteiger partial charge is 0.339 e. The van der Waals surface area contributed by atoms with Gasteiger partial charge in [0.05, 0.1) is 4.92 Å². The van der Waals surface area contributed by atoms with E-state index in [4.69, 9.17) is 0 Å². The zero-order valence-electron chi connectivity index (χ0n) is 12.4. The van der Waals surface area contributed by atoms with E-state index in [-0.39, 0.29) is 11.6 Å². The summed E-state index contributed by atoms with van der Waals surface area (Å²) < 4.78 is 0. The molecule has 0 aromatic heterocycles. The van der Waals surface area contributed by atoms with Crippen molar-refractivity contribution in [2.75, 3.05) is 13.1 Å². The summed E-state index contributed by atoms with van der Waals surface area (Å²) in [6.45, 7) is 5.92. The average Bonchev–Trinajstić information content (AvgIpc) is 2.44. The predicted octanol–water partition coefficient (Wildman–Crippen LogP) is 3.11. The molecule has 0 radical (unpaired) electrons. The van der Waals surface area contributed by atoms with Gasteiger partial charge in [-0.05, 0) is 42.0 Å². The van der Waals surface area contributed by atoms with Crippen molar-refractivity contribution >= 4 is 17.7 Å². The Hall–Kier alpha value is -2.17. The molecule has 0 N–H and O–H groups in total. The van der Waals surface area contributed by atoms with Gasteiger partial charge in [0, 0.05) is 31.3 Å². The number of piperidine rings is 1. The summed E-state index contributed by atoms with van der Waals surface area (Å²) >= 11 is 0. The summed E-state index contributed by atoms with van der Waals surface area (Å²) in [6, 6.07) is 6.16. The number of amides is 1. The van der Waals surface area contributed by atoms with Crippen LogP contribution in [0.5, 0.6) is 0 Å². The van der Waals surface area contributed by atoms with Gasteiger partial charge in [-0.1, -0.05) is 13.8 Å². The van der Waals surface area contributed by atoms with Crippen LogP contribution >= 0.6 is 0 Å². The Kier molecular flexibility index (Phi) is 4.73. The number of nitrogens with zero attached hydrogens (tertiary/aromatic N) is 2. The van der Waals surface area contributed by atoms with Crippen LogP contribution < -0.4 is 0 Å². The highest BCUT2D eigenvalue weighted by Crippen LogP contribution is 2.21. The van der Waals surface area contributed by atoms with Crippen molar-refractivity contribution in [1.29, 1.82) is 0 Å². The van der Waals surface area contributed by atoms with Gasteiger partial charge >= 0.3 is 0 Å². The monoisotopic (exact) mass is 288 g/mol. The van der Waals surface area contributed by atoms with Gasteiger partial charge in [0.25, 0.3) is 5.69 Å². The summed E-state index contributed by atoms with van der Waals surface area (Å²) in [5, 5.41) is 10.6. The number of rotatable bonds is 3. The number of hydrogen-bond donors (Lipinski definition) is 0. The van der Waals surface area contributed by atoms with Gasteiger partial charge in [-0.15, -0.1) is 0 Å². The first-order valence-corrected chi connectivity index (χ1v) is 7.17. The normalized spacial score (nSPS) is 22.5. The van der Waals surface area contributed by atoms with Crippen molar-refractivity contribution in [1.82, 2.24) is 4.90 Å². The van der Waals surface area contributed by atoms with Crippen LogP contribution in [0.2, 0.25) is 0 Å². The molecule has 1 aromatic carbocycles. The van der Waals surface area contributed by atoms with Crippen molar-refractivity contribution in [2.24, 2.45) is 11.8 Å². The van der Waals surface area contributed by atoms with Crippen LogP contribution in [0, 0.1) is 22.0 Å². The number of carbonyl (C=O) groups excluding carboxylic acids is 1. The van der Waals surface area contributed by atoms with E-state index in [0.29, 0.717) is 11.8 Å². The number of nitro groups is 1. The summed E-state index contributed by atoms with van der Waals surface area (Å²) in [5.74, 6) is 1.07. The highest BCUT2D eigenvalue weighted by atomic mass is 16.6. The molecule has 2 atom stereocenters. The number of nitro benzene ring substituents is 1. The van der Waals surface area contributed by atoms with Gasteiger partial charge in [-0.25, -0.2) is 0 Å². The van der Waals surface area contributed by atoms with Gasteiger partial charge in [-0.3, -0.25) is 14.9 Å². The van der Waals surface area contributed by atoms with Crippen LogP contribution in [0.4, 0.5) is 5.69 Å². The quantitative estimate of drug-likeness (QED) is 0.487. The molecule has 1 fully saturated rings. The third-order valence-corrected chi connectivity index (χ3v) is 3.70. The molecule has 112 valence electrons. The number of benzene rings is 1. The minimum Gasteiger partial charge on any atom is -0.339 e. The molecule has 1 heterocycles. The Balaban J connectivity index is 1.99. The van der Waals surface area contributed by atoms with E-state index in [0.717, 1.165) is 25.1 Å². The number of non-ortho nitro benzene ring substituents is 1. The van der Waals surface area contributed by atoms with E-state index in [1.54, 1.807) is 24.3 Å². The Labute approximate surface area is 124 Å². The molecule has 5 heteroatoms. The first kappa shape index (κ1) is 15.2. The molecule has 0 unspecified atom stereocenters. The fourth-order valence-electron chi connectivity index (χ4n) is 2.82. The van der Waals surface area contributed by atoms with Crippen molar-refractivity contribution < 1.29 is 9.72 Å². The number of likely N-dealkylation sites (tertiary alicyclic amines) is 1. The van der Waals surface area contributed by atoms with Crippen LogP contribution in [0.15, 0.2) is 30.3 Å². The van der Waals surface area contributed by atoms with Crippen molar-refractivity contribution in [3.05, 3.63) is 46.0 Å². The van der Waals surface area contributed by atoms with Gasteiger partial charge in [0.15, 0.2) is 0 Å². The maximum atomic E-state index is 12.2. The summed E-state index contributed by atoms with van der Waals surface area (Å²) in [6.07, 6.45) is 4.41. The molecule has 1 aliphatic heterocycles. The van der Waals surface area contributed by atoms with Crippen molar-refractivity contribution in [3.63, 3.8) is 0 Å². The molecule has 0 spiro atoms. The lowest BCUT2D eigenvalue weighted by Gasteiger charge is -2.34. The average molecular weight is 288 g/mol. The lowest BCUT2D eigenvalue weighted by molar-refractivity contribution is -0.384. The van der Waals surface area contributed by atoms with E-state index >= 15 is 0 Å². The van der Waals surface area contributed by atoms with Gasteiger partial charge in [0.1, 0.15) is 0 Å². The van der Waals surface area contributed by atoms with E-state index in [9.17, 15) is 14.9 Å². The minimum atomic E-state index is -0.435. The highest BCUT2D eigenvalue weighted by Gasteiger charge is 2.23. The summed E-state index contributed by atoms with van der Waals surface area (Å²) in [4.78, 5) is 24.2. The number of hydrogen-bond acceptors (Lipinski definition) is 3. The van der Waals surface area contributed by atoms with Gasteiger partial charge < -0.3 is 4.90 Å². The molecule has 1 aliphatic rings. The smallest absolute Gasteiger partial charge is 0.269 e. The second-order valence-corrected chi connectivity index (χ2v) is 5.87. The zero-order valence-corrected chi connectivity index (χ0v) is 12.4. The molecular formula is C16H20N2O3. The van der Waals surface area contributed by atoms with E-state index in [2.05, 4.69) is 13.8 Å². The van der Waals surface area contributed by atoms with Crippen LogP contribution in [0.1, 0.15) is 25.8 Å². The molecule has 1 saturated heterocycles. The third-order valence-electron chi connectivity index (χ3n) is 3.70. The Morgan fingerprint density at radius 2 is 1.81 bits per heavy atom. The van der Waals surface area contributed by atoms with Crippen LogP contribution in [0.25, 0.3) is 6.08 Å². The lowest BCUT2D eigenvalue weighted by atomic mass is 9.92. The maximum absolute atomic E-state index is 12.2. The molecule has 0 saturated carbocycles. The fourth-order valence-corrected chi connectivity index (χ4v) is 2.82. The maximum Gasteiger partial charge on any atom is 0.269 e. The highest BCUT2D eigenvalue weighted by molar-refractivity contribution is 5.91. The van der Waals surface area contributed by atoms with Gasteiger partial charge in [-0.2, -0.15) is 0 Å². The Morgan fingerprint density at radius 3 is 2.33 bits per heavy atom. The van der Waals surface area contributed by atoms with Gasteiger partial charge in [0.2, 0.25) is 5.91 Å². The first-order valence-electron chi connectivity index (χ1n) is 7.17. The molecule has 0 bridgehead atoms. The minimum absolute atomic E-state index is 0.00625. The first-order chi connectivity index (χ1) is 9.95. The summed E-state index contributed by atoms with van der Waals surface area (Å²) in [7, 11) is 0. The fraction of sp³-hybridized carbons (Fsp3) is 0.438. The second kappa shape index (κ2) is 6.52. The van der Waals surface area contributed by atoms with Crippen LogP contribution in [-0.2, 0) is 4.79 Å². The van der Waals surface area contributed by atoms with Crippen molar-refractivity contribution in [2.45, 2.75) is 20.3 Å². The number of carbonyl (C=O) groups is 1. The molecule has 0 aliphatic carbocycles. The van der Waals surface area contributed by atoms with Crippen LogP contribution in [-0.4, -0.2) is 28.8 Å². The Morgan fingerprint density at radius 1 is 1.24 bits per heavy atom. The van der Waals surface area contributed by atoms with E-state index in [1.807, 2.05) is 4.90 Å². The molecular weight excluding hydrogens is 268 g/mol. The standard InChI is InChI=1S/C16H20N2O3/c1-12-9-13(2)11-17(10-12)16(19)8-5-14-3-6-15(7-4-14)18(20)21/h3-8,12-13H,9-11H2,1-2H3/b8-5+/t12-,13+. The molecule has 2 rings (SSSR count). The third kappa shape index (κ3) is 4.15. The van der Waals surface area contributed by atoms with Crippen LogP contribution in [0.3, 0.4) is 0 Å². The zero-order chi connectivity index (χ0) is 15.4.